The number of nitrogens with one attached hydrogen (secondary N) is 1. The number of halogens is 2. The van der Waals surface area contributed by atoms with Crippen LogP contribution in [-0.2, 0) is 5.60 Å². The summed E-state index contributed by atoms with van der Waals surface area (Å²) in [4.78, 5) is 23.3. The van der Waals surface area contributed by atoms with E-state index in [-0.39, 0.29) is 12.5 Å². The summed E-state index contributed by atoms with van der Waals surface area (Å²) in [6.07, 6.45) is 3.24. The number of alkyl halides is 2. The van der Waals surface area contributed by atoms with E-state index >= 15 is 8.78 Å². The number of aromatic nitrogens is 1. The van der Waals surface area contributed by atoms with Gasteiger partial charge in [0.25, 0.3) is 5.92 Å². The van der Waals surface area contributed by atoms with E-state index in [1.807, 2.05) is 6.07 Å². The summed E-state index contributed by atoms with van der Waals surface area (Å²) in [7, 11) is 0. The molecule has 3 heterocycles. The molecule has 1 saturated carbocycles. The molecule has 4 rings (SSSR count). The third-order valence-electron chi connectivity index (χ3n) is 7.70. The number of carbonyl (C=O) groups is 1. The number of aliphatic hydroxyl groups is 1. The molecule has 0 spiro atoms. The van der Waals surface area contributed by atoms with Gasteiger partial charge in [-0.1, -0.05) is 6.07 Å². The van der Waals surface area contributed by atoms with Crippen molar-refractivity contribution in [1.29, 1.82) is 0 Å². The summed E-state index contributed by atoms with van der Waals surface area (Å²) in [5.74, 6) is -2.93. The molecule has 2 N–H and O–H groups in total. The van der Waals surface area contributed by atoms with Crippen LogP contribution in [0.1, 0.15) is 51.6 Å². The van der Waals surface area contributed by atoms with Crippen molar-refractivity contribution in [2.45, 2.75) is 75.6 Å². The number of urea groups is 1. The van der Waals surface area contributed by atoms with E-state index in [1.165, 1.54) is 0 Å². The van der Waals surface area contributed by atoms with Crippen LogP contribution in [0.25, 0.3) is 0 Å². The minimum Gasteiger partial charge on any atom is -0.383 e. The Balaban J connectivity index is 1.39. The Labute approximate surface area is 195 Å². The van der Waals surface area contributed by atoms with E-state index in [4.69, 9.17) is 0 Å². The maximum atomic E-state index is 15.0. The molecule has 2 saturated heterocycles. The minimum absolute atomic E-state index is 0.195. The molecule has 33 heavy (non-hydrogen) atoms. The molecule has 1 aromatic rings. The van der Waals surface area contributed by atoms with Crippen molar-refractivity contribution in [2.24, 2.45) is 0 Å². The number of rotatable bonds is 4. The molecule has 3 fully saturated rings. The van der Waals surface area contributed by atoms with Crippen molar-refractivity contribution in [3.63, 3.8) is 0 Å². The highest BCUT2D eigenvalue weighted by Gasteiger charge is 2.50. The quantitative estimate of drug-likeness (QED) is 0.716. The van der Waals surface area contributed by atoms with E-state index in [0.29, 0.717) is 50.5 Å². The number of amides is 2. The van der Waals surface area contributed by atoms with Gasteiger partial charge in [-0.05, 0) is 51.7 Å². The first kappa shape index (κ1) is 24.3. The highest BCUT2D eigenvalue weighted by Crippen LogP contribution is 2.37. The van der Waals surface area contributed by atoms with Crippen LogP contribution in [0.15, 0.2) is 24.4 Å². The lowest BCUT2D eigenvalue weighted by Gasteiger charge is -2.48. The van der Waals surface area contributed by atoms with Crippen molar-refractivity contribution in [1.82, 2.24) is 25.0 Å². The number of piperazine rings is 1. The average Bonchev–Trinajstić information content (AvgIpc) is 2.81. The van der Waals surface area contributed by atoms with E-state index in [0.717, 1.165) is 26.2 Å². The highest BCUT2D eigenvalue weighted by atomic mass is 19.3. The first-order valence-corrected chi connectivity index (χ1v) is 12.2. The molecule has 2 atom stereocenters. The predicted molar refractivity (Wildman–Crippen MR) is 122 cm³/mol. The van der Waals surface area contributed by atoms with Crippen LogP contribution in [0.5, 0.6) is 0 Å². The van der Waals surface area contributed by atoms with Crippen molar-refractivity contribution in [3.8, 4) is 0 Å². The first-order chi connectivity index (χ1) is 15.7. The number of carbonyl (C=O) groups excluding carboxylic acids is 1. The van der Waals surface area contributed by atoms with E-state index < -0.39 is 23.6 Å². The fourth-order valence-corrected chi connectivity index (χ4v) is 5.53. The Hall–Kier alpha value is -1.84. The number of likely N-dealkylation sites (tertiary alicyclic amines) is 1. The summed E-state index contributed by atoms with van der Waals surface area (Å²) in [5.41, 5.74) is -0.504. The molecule has 2 amide bonds. The topological polar surface area (TPSA) is 71.9 Å². The standard InChI is InChI=1S/C24H37F2N5O2/c1-18(2)29-14-16-30(17-15-29)19-6-5-8-24(25,26)21(19)28-22(32)31-12-9-23(33,10-13-31)20-7-3-4-11-27-20/h3-4,7,11,18-19,21,33H,5-6,8-10,12-17H2,1-2H3,(H,28,32)/t19-,21+/m0/s1. The van der Waals surface area contributed by atoms with Gasteiger partial charge in [-0.15, -0.1) is 0 Å². The predicted octanol–water partition coefficient (Wildman–Crippen LogP) is 2.66. The summed E-state index contributed by atoms with van der Waals surface area (Å²) >= 11 is 0. The number of hydrogen-bond acceptors (Lipinski definition) is 5. The second-order valence-corrected chi connectivity index (χ2v) is 10.0. The molecule has 184 valence electrons. The Kier molecular flexibility index (Phi) is 7.21. The number of piperidine rings is 1. The maximum Gasteiger partial charge on any atom is 0.317 e. The SMILES string of the molecule is CC(C)N1CCN([C@H]2CCCC(F)(F)[C@@H]2NC(=O)N2CCC(O)(c3ccccn3)CC2)CC1. The molecule has 3 aliphatic rings. The normalized spacial score (nSPS) is 28.6. The zero-order valence-electron chi connectivity index (χ0n) is 19.7. The molecule has 1 aromatic heterocycles. The Morgan fingerprint density at radius 2 is 1.82 bits per heavy atom. The second-order valence-electron chi connectivity index (χ2n) is 10.0. The molecular weight excluding hydrogens is 428 g/mol. The highest BCUT2D eigenvalue weighted by molar-refractivity contribution is 5.75. The van der Waals surface area contributed by atoms with Crippen molar-refractivity contribution in [3.05, 3.63) is 30.1 Å². The van der Waals surface area contributed by atoms with Crippen LogP contribution in [0.4, 0.5) is 13.6 Å². The fraction of sp³-hybridized carbons (Fsp3) is 0.750. The molecule has 1 aliphatic carbocycles. The number of pyridine rings is 1. The molecule has 2 aliphatic heterocycles. The Morgan fingerprint density at radius 3 is 2.42 bits per heavy atom. The number of nitrogens with zero attached hydrogens (tertiary/aromatic N) is 4. The van der Waals surface area contributed by atoms with Crippen LogP contribution >= 0.6 is 0 Å². The van der Waals surface area contributed by atoms with Gasteiger partial charge < -0.3 is 15.3 Å². The summed E-state index contributed by atoms with van der Waals surface area (Å²) in [5, 5.41) is 13.7. The number of hydrogen-bond donors (Lipinski definition) is 2. The molecule has 0 bridgehead atoms. The Morgan fingerprint density at radius 1 is 1.12 bits per heavy atom. The van der Waals surface area contributed by atoms with E-state index in [9.17, 15) is 9.90 Å². The molecular formula is C24H37F2N5O2. The smallest absolute Gasteiger partial charge is 0.317 e. The van der Waals surface area contributed by atoms with Crippen molar-refractivity contribution >= 4 is 6.03 Å². The lowest BCUT2D eigenvalue weighted by atomic mass is 9.85. The van der Waals surface area contributed by atoms with Gasteiger partial charge in [0.05, 0.1) is 5.69 Å². The van der Waals surface area contributed by atoms with Crippen LogP contribution in [0, 0.1) is 0 Å². The van der Waals surface area contributed by atoms with Crippen LogP contribution < -0.4 is 5.32 Å². The minimum atomic E-state index is -2.93. The van der Waals surface area contributed by atoms with Crippen molar-refractivity contribution < 1.29 is 18.7 Å². The van der Waals surface area contributed by atoms with Gasteiger partial charge in [0, 0.05) is 64.0 Å². The van der Waals surface area contributed by atoms with Gasteiger partial charge in [-0.2, -0.15) is 0 Å². The summed E-state index contributed by atoms with van der Waals surface area (Å²) < 4.78 is 30.1. The molecule has 0 radical (unpaired) electrons. The monoisotopic (exact) mass is 465 g/mol. The Bertz CT molecular complexity index is 793. The average molecular weight is 466 g/mol. The van der Waals surface area contributed by atoms with Crippen molar-refractivity contribution in [2.75, 3.05) is 39.3 Å². The molecule has 9 heteroatoms. The lowest BCUT2D eigenvalue weighted by Crippen LogP contribution is -2.66. The van der Waals surface area contributed by atoms with Crippen LogP contribution in [-0.4, -0.2) is 94.1 Å². The molecule has 0 aromatic carbocycles. The fourth-order valence-electron chi connectivity index (χ4n) is 5.53. The van der Waals surface area contributed by atoms with Crippen LogP contribution in [0.3, 0.4) is 0 Å². The maximum absolute atomic E-state index is 15.0. The zero-order chi connectivity index (χ0) is 23.6. The third kappa shape index (κ3) is 5.30. The largest absolute Gasteiger partial charge is 0.383 e. The van der Waals surface area contributed by atoms with Crippen LogP contribution in [0.2, 0.25) is 0 Å². The first-order valence-electron chi connectivity index (χ1n) is 12.2. The molecule has 0 unspecified atom stereocenters. The van der Waals surface area contributed by atoms with E-state index in [2.05, 4.69) is 33.9 Å². The van der Waals surface area contributed by atoms with Gasteiger partial charge in [0.15, 0.2) is 0 Å². The lowest BCUT2D eigenvalue weighted by molar-refractivity contribution is -0.0979. The summed E-state index contributed by atoms with van der Waals surface area (Å²) in [6, 6.07) is 3.82. The zero-order valence-corrected chi connectivity index (χ0v) is 19.7. The molecule has 7 nitrogen and oxygen atoms in total. The van der Waals surface area contributed by atoms with E-state index in [1.54, 1.807) is 23.2 Å². The second kappa shape index (κ2) is 9.80. The third-order valence-corrected chi connectivity index (χ3v) is 7.70. The van der Waals surface area contributed by atoms with Gasteiger partial charge in [0.1, 0.15) is 11.6 Å². The van der Waals surface area contributed by atoms with Gasteiger partial charge in [-0.25, -0.2) is 13.6 Å². The van der Waals surface area contributed by atoms with Gasteiger partial charge in [-0.3, -0.25) is 14.8 Å². The summed E-state index contributed by atoms with van der Waals surface area (Å²) in [6.45, 7) is 8.11. The van der Waals surface area contributed by atoms with Gasteiger partial charge >= 0.3 is 6.03 Å². The van der Waals surface area contributed by atoms with Gasteiger partial charge in [0.2, 0.25) is 0 Å².